The molecular formula is C23H20BrN3O3S. The number of halogens is 1. The second-order valence-electron chi connectivity index (χ2n) is 6.50. The number of thiocarbonyl (C=S) groups is 1. The van der Waals surface area contributed by atoms with Crippen molar-refractivity contribution in [1.29, 1.82) is 0 Å². The van der Waals surface area contributed by atoms with Crippen molar-refractivity contribution < 1.29 is 14.3 Å². The third-order valence-electron chi connectivity index (χ3n) is 4.34. The van der Waals surface area contributed by atoms with Gasteiger partial charge in [0.2, 0.25) is 0 Å². The van der Waals surface area contributed by atoms with Gasteiger partial charge in [-0.25, -0.2) is 0 Å². The Labute approximate surface area is 194 Å². The lowest BCUT2D eigenvalue weighted by Gasteiger charge is -2.11. The van der Waals surface area contributed by atoms with Crippen LogP contribution in [0.1, 0.15) is 26.3 Å². The van der Waals surface area contributed by atoms with E-state index in [0.29, 0.717) is 33.6 Å². The summed E-state index contributed by atoms with van der Waals surface area (Å²) in [4.78, 5) is 24.7. The summed E-state index contributed by atoms with van der Waals surface area (Å²) in [6.45, 7) is 0.456. The van der Waals surface area contributed by atoms with E-state index in [4.69, 9.17) is 17.0 Å². The van der Waals surface area contributed by atoms with E-state index >= 15 is 0 Å². The van der Waals surface area contributed by atoms with Crippen LogP contribution in [0, 0.1) is 0 Å². The van der Waals surface area contributed by atoms with Gasteiger partial charge in [0, 0.05) is 23.4 Å². The molecule has 0 atom stereocenters. The van der Waals surface area contributed by atoms with Crippen LogP contribution in [0.2, 0.25) is 0 Å². The molecule has 0 bridgehead atoms. The third kappa shape index (κ3) is 6.37. The number of amides is 2. The molecule has 3 rings (SSSR count). The van der Waals surface area contributed by atoms with Gasteiger partial charge in [-0.05, 0) is 76.2 Å². The first kappa shape index (κ1) is 22.5. The maximum Gasteiger partial charge on any atom is 0.257 e. The normalized spacial score (nSPS) is 10.1. The molecular weight excluding hydrogens is 478 g/mol. The monoisotopic (exact) mass is 497 g/mol. The van der Waals surface area contributed by atoms with Gasteiger partial charge >= 0.3 is 0 Å². The van der Waals surface area contributed by atoms with E-state index in [1.807, 2.05) is 30.3 Å². The zero-order valence-electron chi connectivity index (χ0n) is 16.6. The molecule has 31 heavy (non-hydrogen) atoms. The van der Waals surface area contributed by atoms with Crippen molar-refractivity contribution in [1.82, 2.24) is 10.6 Å². The van der Waals surface area contributed by atoms with Crippen molar-refractivity contribution in [3.8, 4) is 5.75 Å². The highest BCUT2D eigenvalue weighted by Gasteiger charge is 2.11. The number of carbonyl (C=O) groups is 2. The molecule has 8 heteroatoms. The average Bonchev–Trinajstić information content (AvgIpc) is 2.78. The fourth-order valence-electron chi connectivity index (χ4n) is 2.73. The van der Waals surface area contributed by atoms with E-state index < -0.39 is 0 Å². The number of carbonyl (C=O) groups excluding carboxylic acids is 2. The number of methoxy groups -OCH3 is 1. The van der Waals surface area contributed by atoms with Crippen LogP contribution < -0.4 is 20.7 Å². The van der Waals surface area contributed by atoms with Crippen LogP contribution in [-0.2, 0) is 6.54 Å². The minimum Gasteiger partial charge on any atom is -0.496 e. The highest BCUT2D eigenvalue weighted by molar-refractivity contribution is 9.10. The molecule has 0 aromatic heterocycles. The van der Waals surface area contributed by atoms with Crippen molar-refractivity contribution >= 4 is 50.8 Å². The molecule has 0 aliphatic heterocycles. The second-order valence-corrected chi connectivity index (χ2v) is 7.77. The summed E-state index contributed by atoms with van der Waals surface area (Å²) in [7, 11) is 1.55. The molecule has 0 spiro atoms. The first-order valence-electron chi connectivity index (χ1n) is 9.34. The number of ether oxygens (including phenoxy) is 1. The topological polar surface area (TPSA) is 79.5 Å². The predicted octanol–water partition coefficient (Wildman–Crippen LogP) is 4.51. The van der Waals surface area contributed by atoms with Crippen LogP contribution in [0.3, 0.4) is 0 Å². The van der Waals surface area contributed by atoms with Crippen LogP contribution in [0.15, 0.2) is 77.3 Å². The van der Waals surface area contributed by atoms with Gasteiger partial charge < -0.3 is 15.4 Å². The molecule has 158 valence electrons. The highest BCUT2D eigenvalue weighted by atomic mass is 79.9. The minimum atomic E-state index is -0.349. The summed E-state index contributed by atoms with van der Waals surface area (Å²) in [6, 6.07) is 21.5. The first-order chi connectivity index (χ1) is 15.0. The predicted molar refractivity (Wildman–Crippen MR) is 128 cm³/mol. The Morgan fingerprint density at radius 1 is 0.935 bits per heavy atom. The van der Waals surface area contributed by atoms with E-state index in [1.165, 1.54) is 0 Å². The highest BCUT2D eigenvalue weighted by Crippen LogP contribution is 2.25. The molecule has 0 aliphatic rings. The van der Waals surface area contributed by atoms with E-state index in [1.54, 1.807) is 49.6 Å². The van der Waals surface area contributed by atoms with Gasteiger partial charge in [-0.3, -0.25) is 14.9 Å². The largest absolute Gasteiger partial charge is 0.496 e. The smallest absolute Gasteiger partial charge is 0.257 e. The fraction of sp³-hybridized carbons (Fsp3) is 0.0870. The Bertz CT molecular complexity index is 1090. The molecule has 0 aliphatic carbocycles. The van der Waals surface area contributed by atoms with Gasteiger partial charge in [-0.2, -0.15) is 0 Å². The van der Waals surface area contributed by atoms with E-state index in [2.05, 4.69) is 31.9 Å². The molecule has 6 nitrogen and oxygen atoms in total. The number of nitrogens with one attached hydrogen (secondary N) is 3. The van der Waals surface area contributed by atoms with Crippen LogP contribution in [0.25, 0.3) is 0 Å². The number of hydrogen-bond acceptors (Lipinski definition) is 4. The lowest BCUT2D eigenvalue weighted by Crippen LogP contribution is -2.34. The summed E-state index contributed by atoms with van der Waals surface area (Å²) in [5, 5.41) is 8.59. The van der Waals surface area contributed by atoms with E-state index in [0.717, 1.165) is 5.56 Å². The quantitative estimate of drug-likeness (QED) is 0.436. The van der Waals surface area contributed by atoms with Crippen LogP contribution in [-0.4, -0.2) is 24.0 Å². The molecule has 2 amide bonds. The Balaban J connectivity index is 1.53. The first-order valence-corrected chi connectivity index (χ1v) is 10.5. The lowest BCUT2D eigenvalue weighted by molar-refractivity contribution is 0.0948. The van der Waals surface area contributed by atoms with Crippen molar-refractivity contribution in [2.75, 3.05) is 12.4 Å². The van der Waals surface area contributed by atoms with Gasteiger partial charge in [0.25, 0.3) is 11.8 Å². The molecule has 0 saturated carbocycles. The molecule has 3 N–H and O–H groups in total. The molecule has 0 radical (unpaired) electrons. The number of hydrogen-bond donors (Lipinski definition) is 3. The van der Waals surface area contributed by atoms with Crippen molar-refractivity contribution in [2.45, 2.75) is 6.54 Å². The summed E-state index contributed by atoms with van der Waals surface area (Å²) in [5.74, 6) is 0.110. The van der Waals surface area contributed by atoms with Gasteiger partial charge in [0.1, 0.15) is 5.75 Å². The number of rotatable bonds is 6. The summed E-state index contributed by atoms with van der Waals surface area (Å²) >= 11 is 8.57. The maximum atomic E-state index is 12.4. The Kier molecular flexibility index (Phi) is 7.75. The lowest BCUT2D eigenvalue weighted by atomic mass is 10.1. The molecule has 0 unspecified atom stereocenters. The Morgan fingerprint density at radius 3 is 2.26 bits per heavy atom. The van der Waals surface area contributed by atoms with Gasteiger partial charge in [-0.15, -0.1) is 0 Å². The standard InChI is InChI=1S/C23H20BrN3O3S/c1-30-20-12-9-17(13-19(20)24)22(29)27-23(31)26-18-10-7-16(8-11-18)21(28)25-14-15-5-3-2-4-6-15/h2-13H,14H2,1H3,(H,25,28)(H2,26,27,29,31). The summed E-state index contributed by atoms with van der Waals surface area (Å²) < 4.78 is 5.83. The SMILES string of the molecule is COc1ccc(C(=O)NC(=S)Nc2ccc(C(=O)NCc3ccccc3)cc2)cc1Br. The zero-order chi connectivity index (χ0) is 22.2. The molecule has 0 heterocycles. The minimum absolute atomic E-state index is 0.151. The number of benzene rings is 3. The van der Waals surface area contributed by atoms with Crippen LogP contribution in [0.5, 0.6) is 5.75 Å². The average molecular weight is 498 g/mol. The van der Waals surface area contributed by atoms with Crippen LogP contribution >= 0.6 is 28.1 Å². The van der Waals surface area contributed by atoms with E-state index in [-0.39, 0.29) is 16.9 Å². The van der Waals surface area contributed by atoms with Crippen molar-refractivity contribution in [3.05, 3.63) is 94.0 Å². The summed E-state index contributed by atoms with van der Waals surface area (Å²) in [6.07, 6.45) is 0. The Morgan fingerprint density at radius 2 is 1.61 bits per heavy atom. The molecule has 3 aromatic rings. The van der Waals surface area contributed by atoms with Gasteiger partial charge in [0.05, 0.1) is 11.6 Å². The second kappa shape index (κ2) is 10.7. The molecule has 0 saturated heterocycles. The van der Waals surface area contributed by atoms with Gasteiger partial charge in [-0.1, -0.05) is 30.3 Å². The van der Waals surface area contributed by atoms with E-state index in [9.17, 15) is 9.59 Å². The zero-order valence-corrected chi connectivity index (χ0v) is 19.0. The van der Waals surface area contributed by atoms with Crippen LogP contribution in [0.4, 0.5) is 5.69 Å². The summed E-state index contributed by atoms with van der Waals surface area (Å²) in [5.41, 5.74) is 2.64. The maximum absolute atomic E-state index is 12.4. The molecule has 3 aromatic carbocycles. The third-order valence-corrected chi connectivity index (χ3v) is 5.17. The fourth-order valence-corrected chi connectivity index (χ4v) is 3.48. The van der Waals surface area contributed by atoms with Gasteiger partial charge in [0.15, 0.2) is 5.11 Å². The Hall–Kier alpha value is -3.23. The van der Waals surface area contributed by atoms with Crippen molar-refractivity contribution in [2.24, 2.45) is 0 Å². The molecule has 0 fully saturated rings. The number of anilines is 1. The van der Waals surface area contributed by atoms with Crippen molar-refractivity contribution in [3.63, 3.8) is 0 Å².